The van der Waals surface area contributed by atoms with E-state index in [4.69, 9.17) is 0 Å². The standard InChI is InChI=1S/C9H18N4/c1-4-10-8(5-7(2)3)9-11-6-12-13-9/h6-8,10H,4-5H2,1-3H3,(H,11,12,13). The lowest BCUT2D eigenvalue weighted by Gasteiger charge is -2.16. The third-order valence-electron chi connectivity index (χ3n) is 1.92. The van der Waals surface area contributed by atoms with Gasteiger partial charge in [-0.25, -0.2) is 4.98 Å². The van der Waals surface area contributed by atoms with Gasteiger partial charge >= 0.3 is 0 Å². The van der Waals surface area contributed by atoms with E-state index in [-0.39, 0.29) is 0 Å². The Morgan fingerprint density at radius 2 is 2.31 bits per heavy atom. The van der Waals surface area contributed by atoms with E-state index in [1.54, 1.807) is 6.33 Å². The molecule has 0 aliphatic rings. The highest BCUT2D eigenvalue weighted by Gasteiger charge is 2.14. The fourth-order valence-electron chi connectivity index (χ4n) is 1.39. The first kappa shape index (κ1) is 10.2. The Labute approximate surface area is 79.2 Å². The summed E-state index contributed by atoms with van der Waals surface area (Å²) < 4.78 is 0. The van der Waals surface area contributed by atoms with Gasteiger partial charge in [0.25, 0.3) is 0 Å². The zero-order valence-electron chi connectivity index (χ0n) is 8.54. The van der Waals surface area contributed by atoms with Crippen molar-refractivity contribution in [2.45, 2.75) is 33.2 Å². The van der Waals surface area contributed by atoms with Crippen molar-refractivity contribution in [3.8, 4) is 0 Å². The number of H-pyrrole nitrogens is 1. The van der Waals surface area contributed by atoms with Crippen LogP contribution in [0.2, 0.25) is 0 Å². The van der Waals surface area contributed by atoms with Gasteiger partial charge in [0.1, 0.15) is 12.2 Å². The SMILES string of the molecule is CCNC(CC(C)C)c1ncn[nH]1. The van der Waals surface area contributed by atoms with Gasteiger partial charge in [0.05, 0.1) is 6.04 Å². The molecule has 13 heavy (non-hydrogen) atoms. The molecule has 1 heterocycles. The van der Waals surface area contributed by atoms with Gasteiger partial charge in [0, 0.05) is 0 Å². The van der Waals surface area contributed by atoms with Crippen LogP contribution in [-0.2, 0) is 0 Å². The van der Waals surface area contributed by atoms with E-state index in [9.17, 15) is 0 Å². The van der Waals surface area contributed by atoms with Crippen LogP contribution in [0.4, 0.5) is 0 Å². The van der Waals surface area contributed by atoms with Crippen molar-refractivity contribution in [3.05, 3.63) is 12.2 Å². The molecule has 0 radical (unpaired) electrons. The molecule has 0 fully saturated rings. The Balaban J connectivity index is 2.57. The van der Waals surface area contributed by atoms with E-state index in [1.165, 1.54) is 0 Å². The minimum atomic E-state index is 0.312. The average molecular weight is 182 g/mol. The van der Waals surface area contributed by atoms with Crippen LogP contribution in [0.1, 0.15) is 39.1 Å². The zero-order chi connectivity index (χ0) is 9.68. The molecule has 0 amide bonds. The van der Waals surface area contributed by atoms with Crippen LogP contribution in [0.5, 0.6) is 0 Å². The van der Waals surface area contributed by atoms with Crippen molar-refractivity contribution in [2.24, 2.45) is 5.92 Å². The Morgan fingerprint density at radius 3 is 2.77 bits per heavy atom. The topological polar surface area (TPSA) is 53.6 Å². The normalized spacial score (nSPS) is 13.5. The maximum absolute atomic E-state index is 4.16. The van der Waals surface area contributed by atoms with Crippen LogP contribution in [0.15, 0.2) is 6.33 Å². The molecule has 0 saturated heterocycles. The predicted octanol–water partition coefficient (Wildman–Crippen LogP) is 1.50. The highest BCUT2D eigenvalue weighted by molar-refractivity contribution is 4.91. The summed E-state index contributed by atoms with van der Waals surface area (Å²) >= 11 is 0. The summed E-state index contributed by atoms with van der Waals surface area (Å²) in [7, 11) is 0. The lowest BCUT2D eigenvalue weighted by atomic mass is 10.0. The molecule has 4 nitrogen and oxygen atoms in total. The van der Waals surface area contributed by atoms with E-state index < -0.39 is 0 Å². The Kier molecular flexibility index (Phi) is 3.89. The molecule has 0 aliphatic carbocycles. The quantitative estimate of drug-likeness (QED) is 0.725. The van der Waals surface area contributed by atoms with Crippen molar-refractivity contribution in [1.29, 1.82) is 0 Å². The lowest BCUT2D eigenvalue weighted by Crippen LogP contribution is -2.23. The molecule has 1 aromatic rings. The molecule has 1 atom stereocenters. The second-order valence-corrected chi connectivity index (χ2v) is 3.61. The summed E-state index contributed by atoms with van der Waals surface area (Å²) in [6.07, 6.45) is 2.64. The highest BCUT2D eigenvalue weighted by Crippen LogP contribution is 2.16. The minimum absolute atomic E-state index is 0.312. The number of aromatic nitrogens is 3. The number of rotatable bonds is 5. The molecule has 0 spiro atoms. The van der Waals surface area contributed by atoms with Gasteiger partial charge in [-0.05, 0) is 18.9 Å². The zero-order valence-corrected chi connectivity index (χ0v) is 8.54. The van der Waals surface area contributed by atoms with E-state index in [0.717, 1.165) is 18.8 Å². The molecule has 2 N–H and O–H groups in total. The maximum Gasteiger partial charge on any atom is 0.141 e. The fourth-order valence-corrected chi connectivity index (χ4v) is 1.39. The molecular weight excluding hydrogens is 164 g/mol. The summed E-state index contributed by atoms with van der Waals surface area (Å²) in [4.78, 5) is 4.16. The smallest absolute Gasteiger partial charge is 0.141 e. The van der Waals surface area contributed by atoms with E-state index in [0.29, 0.717) is 12.0 Å². The van der Waals surface area contributed by atoms with Crippen molar-refractivity contribution >= 4 is 0 Å². The number of nitrogens with zero attached hydrogens (tertiary/aromatic N) is 2. The van der Waals surface area contributed by atoms with Gasteiger partial charge in [0.2, 0.25) is 0 Å². The molecule has 0 aromatic carbocycles. The maximum atomic E-state index is 4.16. The number of nitrogens with one attached hydrogen (secondary N) is 2. The predicted molar refractivity (Wildman–Crippen MR) is 52.3 cm³/mol. The van der Waals surface area contributed by atoms with Gasteiger partial charge in [-0.2, -0.15) is 5.10 Å². The third kappa shape index (κ3) is 3.14. The summed E-state index contributed by atoms with van der Waals surface area (Å²) in [5, 5.41) is 10.1. The van der Waals surface area contributed by atoms with Gasteiger partial charge in [-0.3, -0.25) is 5.10 Å². The molecule has 74 valence electrons. The average Bonchev–Trinajstić information content (AvgIpc) is 2.54. The van der Waals surface area contributed by atoms with Gasteiger partial charge in [-0.1, -0.05) is 20.8 Å². The molecule has 0 aliphatic heterocycles. The van der Waals surface area contributed by atoms with Gasteiger partial charge in [-0.15, -0.1) is 0 Å². The van der Waals surface area contributed by atoms with Crippen LogP contribution >= 0.6 is 0 Å². The van der Waals surface area contributed by atoms with Crippen LogP contribution in [0, 0.1) is 5.92 Å². The number of hydrogen-bond acceptors (Lipinski definition) is 3. The van der Waals surface area contributed by atoms with Crippen molar-refractivity contribution in [2.75, 3.05) is 6.54 Å². The third-order valence-corrected chi connectivity index (χ3v) is 1.92. The summed E-state index contributed by atoms with van der Waals surface area (Å²) in [5.74, 6) is 1.60. The summed E-state index contributed by atoms with van der Waals surface area (Å²) in [6, 6.07) is 0.312. The molecule has 1 aromatic heterocycles. The van der Waals surface area contributed by atoms with Gasteiger partial charge in [0.15, 0.2) is 0 Å². The Bertz CT molecular complexity index is 218. The van der Waals surface area contributed by atoms with Crippen molar-refractivity contribution < 1.29 is 0 Å². The largest absolute Gasteiger partial charge is 0.308 e. The second kappa shape index (κ2) is 4.97. The summed E-state index contributed by atoms with van der Waals surface area (Å²) in [6.45, 7) is 7.48. The van der Waals surface area contributed by atoms with Crippen LogP contribution in [0.25, 0.3) is 0 Å². The van der Waals surface area contributed by atoms with Crippen LogP contribution < -0.4 is 5.32 Å². The van der Waals surface area contributed by atoms with Crippen molar-refractivity contribution in [3.63, 3.8) is 0 Å². The van der Waals surface area contributed by atoms with Crippen LogP contribution in [-0.4, -0.2) is 21.7 Å². The summed E-state index contributed by atoms with van der Waals surface area (Å²) in [5.41, 5.74) is 0. The van der Waals surface area contributed by atoms with Gasteiger partial charge < -0.3 is 5.32 Å². The minimum Gasteiger partial charge on any atom is -0.308 e. The molecule has 0 saturated carbocycles. The second-order valence-electron chi connectivity index (χ2n) is 3.61. The first-order valence-electron chi connectivity index (χ1n) is 4.82. The molecule has 4 heteroatoms. The monoisotopic (exact) mass is 182 g/mol. The molecular formula is C9H18N4. The molecule has 1 unspecified atom stereocenters. The molecule has 0 bridgehead atoms. The van der Waals surface area contributed by atoms with Crippen molar-refractivity contribution in [1.82, 2.24) is 20.5 Å². The lowest BCUT2D eigenvalue weighted by molar-refractivity contribution is 0.423. The van der Waals surface area contributed by atoms with E-state index in [1.807, 2.05) is 0 Å². The highest BCUT2D eigenvalue weighted by atomic mass is 15.2. The fraction of sp³-hybridized carbons (Fsp3) is 0.778. The first-order chi connectivity index (χ1) is 6.24. The number of hydrogen-bond donors (Lipinski definition) is 2. The Morgan fingerprint density at radius 1 is 1.54 bits per heavy atom. The van der Waals surface area contributed by atoms with E-state index >= 15 is 0 Å². The molecule has 1 rings (SSSR count). The first-order valence-corrected chi connectivity index (χ1v) is 4.82. The van der Waals surface area contributed by atoms with Crippen LogP contribution in [0.3, 0.4) is 0 Å². The van der Waals surface area contributed by atoms with E-state index in [2.05, 4.69) is 41.3 Å². The Hall–Kier alpha value is -0.900. The number of aromatic amines is 1.